The van der Waals surface area contributed by atoms with Crippen LogP contribution in [0.25, 0.3) is 5.65 Å². The van der Waals surface area contributed by atoms with Crippen LogP contribution in [-0.4, -0.2) is 46.5 Å². The first-order valence-electron chi connectivity index (χ1n) is 11.2. The lowest BCUT2D eigenvalue weighted by Gasteiger charge is -2.39. The van der Waals surface area contributed by atoms with Gasteiger partial charge in [-0.15, -0.1) is 0 Å². The molecule has 1 fully saturated rings. The number of hydrogen-bond acceptors (Lipinski definition) is 6. The molecule has 2 aliphatic heterocycles. The van der Waals surface area contributed by atoms with Crippen LogP contribution in [0.3, 0.4) is 0 Å². The first kappa shape index (κ1) is 20.7. The van der Waals surface area contributed by atoms with Gasteiger partial charge in [-0.1, -0.05) is 43.3 Å². The highest BCUT2D eigenvalue weighted by atomic mass is 16.5. The highest BCUT2D eigenvalue weighted by Gasteiger charge is 2.53. The van der Waals surface area contributed by atoms with Gasteiger partial charge in [-0.3, -0.25) is 18.9 Å². The zero-order chi connectivity index (χ0) is 22.4. The van der Waals surface area contributed by atoms with Gasteiger partial charge in [0.1, 0.15) is 17.5 Å². The van der Waals surface area contributed by atoms with Crippen molar-refractivity contribution >= 4 is 17.4 Å². The molecular formula is C25H28N4O3. The zero-order valence-corrected chi connectivity index (χ0v) is 18.6. The standard InChI is InChI=1S/C25H28N4O3/c1-4-32-25(31)21-16(2)18-15-28(14-17-10-6-5-7-11-17)23-20(22(18)27(21)3)24(30)29-13-9-8-12-19(29)26-23/h5-13,16,18,21-22H,4,14-15H2,1-3H3/t16-,18-,21-,22+/m1/s1. The summed E-state index contributed by atoms with van der Waals surface area (Å²) in [4.78, 5) is 35.7. The molecule has 0 amide bonds. The minimum atomic E-state index is -0.384. The molecule has 1 aromatic carbocycles. The maximum absolute atomic E-state index is 13.7. The Bertz CT molecular complexity index is 1210. The van der Waals surface area contributed by atoms with E-state index < -0.39 is 0 Å². The second-order valence-electron chi connectivity index (χ2n) is 8.78. The number of likely N-dealkylation sites (N-methyl/N-ethyl adjacent to an activating group) is 1. The van der Waals surface area contributed by atoms with Crippen LogP contribution < -0.4 is 10.5 Å². The highest BCUT2D eigenvalue weighted by Crippen LogP contribution is 2.49. The van der Waals surface area contributed by atoms with Gasteiger partial charge >= 0.3 is 5.97 Å². The van der Waals surface area contributed by atoms with Crippen molar-refractivity contribution in [3.05, 3.63) is 76.2 Å². The molecule has 0 spiro atoms. The van der Waals surface area contributed by atoms with Gasteiger partial charge in [-0.05, 0) is 37.6 Å². The summed E-state index contributed by atoms with van der Waals surface area (Å²) in [5.74, 6) is 0.657. The molecule has 0 bridgehead atoms. The molecule has 0 N–H and O–H groups in total. The van der Waals surface area contributed by atoms with E-state index in [-0.39, 0.29) is 35.4 Å². The van der Waals surface area contributed by atoms with Crippen LogP contribution in [0.2, 0.25) is 0 Å². The second-order valence-corrected chi connectivity index (χ2v) is 8.78. The summed E-state index contributed by atoms with van der Waals surface area (Å²) < 4.78 is 7.00. The van der Waals surface area contributed by atoms with E-state index in [4.69, 9.17) is 9.72 Å². The molecular weight excluding hydrogens is 404 g/mol. The van der Waals surface area contributed by atoms with E-state index in [9.17, 15) is 9.59 Å². The average molecular weight is 433 g/mol. The van der Waals surface area contributed by atoms with Gasteiger partial charge in [0.15, 0.2) is 0 Å². The predicted molar refractivity (Wildman–Crippen MR) is 123 cm³/mol. The Labute approximate surface area is 187 Å². The van der Waals surface area contributed by atoms with E-state index in [0.717, 1.165) is 17.9 Å². The summed E-state index contributed by atoms with van der Waals surface area (Å²) in [5.41, 5.74) is 2.39. The quantitative estimate of drug-likeness (QED) is 0.591. The predicted octanol–water partition coefficient (Wildman–Crippen LogP) is 2.89. The first-order valence-corrected chi connectivity index (χ1v) is 11.2. The number of hydrogen-bond donors (Lipinski definition) is 0. The second kappa shape index (κ2) is 8.06. The molecule has 7 heteroatoms. The fourth-order valence-corrected chi connectivity index (χ4v) is 5.54. The summed E-state index contributed by atoms with van der Waals surface area (Å²) in [6.45, 7) is 5.65. The number of aromatic nitrogens is 2. The smallest absolute Gasteiger partial charge is 0.323 e. The summed E-state index contributed by atoms with van der Waals surface area (Å²) in [7, 11) is 1.93. The van der Waals surface area contributed by atoms with Crippen LogP contribution in [0.1, 0.15) is 31.0 Å². The molecule has 4 atom stereocenters. The van der Waals surface area contributed by atoms with Gasteiger partial charge in [0, 0.05) is 31.2 Å². The highest BCUT2D eigenvalue weighted by molar-refractivity contribution is 5.77. The van der Waals surface area contributed by atoms with E-state index in [1.54, 1.807) is 10.6 Å². The fraction of sp³-hybridized carbons (Fsp3) is 0.400. The Balaban J connectivity index is 1.66. The normalized spacial score (nSPS) is 24.9. The van der Waals surface area contributed by atoms with Crippen LogP contribution >= 0.6 is 0 Å². The topological polar surface area (TPSA) is 67.2 Å². The average Bonchev–Trinajstić information content (AvgIpc) is 3.04. The molecule has 3 aromatic rings. The van der Waals surface area contributed by atoms with E-state index >= 15 is 0 Å². The number of carbonyl (C=O) groups excluding carboxylic acids is 1. The maximum atomic E-state index is 13.7. The van der Waals surface area contributed by atoms with Gasteiger partial charge in [-0.25, -0.2) is 4.98 Å². The third-order valence-corrected chi connectivity index (χ3v) is 6.98. The minimum Gasteiger partial charge on any atom is -0.465 e. The number of esters is 1. The molecule has 7 nitrogen and oxygen atoms in total. The fourth-order valence-electron chi connectivity index (χ4n) is 5.54. The van der Waals surface area contributed by atoms with Gasteiger partial charge in [-0.2, -0.15) is 0 Å². The van der Waals surface area contributed by atoms with Crippen LogP contribution in [-0.2, 0) is 16.1 Å². The molecule has 166 valence electrons. The van der Waals surface area contributed by atoms with Crippen molar-refractivity contribution in [1.29, 1.82) is 0 Å². The molecule has 0 saturated carbocycles. The summed E-state index contributed by atoms with van der Waals surface area (Å²) in [6.07, 6.45) is 1.76. The van der Waals surface area contributed by atoms with Gasteiger partial charge < -0.3 is 9.64 Å². The van der Waals surface area contributed by atoms with Crippen molar-refractivity contribution in [2.45, 2.75) is 32.5 Å². The van der Waals surface area contributed by atoms with Crippen LogP contribution in [0.15, 0.2) is 59.5 Å². The first-order chi connectivity index (χ1) is 15.5. The van der Waals surface area contributed by atoms with Gasteiger partial charge in [0.25, 0.3) is 5.56 Å². The number of carbonyl (C=O) groups is 1. The van der Waals surface area contributed by atoms with E-state index in [2.05, 4.69) is 24.0 Å². The number of fused-ring (bicyclic) bond motifs is 4. The lowest BCUT2D eigenvalue weighted by atomic mass is 9.83. The minimum absolute atomic E-state index is 0.0475. The van der Waals surface area contributed by atoms with Gasteiger partial charge in [0.2, 0.25) is 0 Å². The third kappa shape index (κ3) is 3.19. The molecule has 2 aromatic heterocycles. The molecule has 2 aliphatic rings. The van der Waals surface area contributed by atoms with E-state index in [1.165, 1.54) is 0 Å². The van der Waals surface area contributed by atoms with Crippen molar-refractivity contribution in [3.63, 3.8) is 0 Å². The molecule has 32 heavy (non-hydrogen) atoms. The SMILES string of the molecule is CCOC(=O)[C@H]1[C@H](C)[C@H]2CN(Cc3ccccc3)c3nc4ccccn4c(=O)c3[C@H]2N1C. The number of likely N-dealkylation sites (tertiary alicyclic amines) is 1. The molecule has 5 rings (SSSR count). The van der Waals surface area contributed by atoms with Crippen LogP contribution in [0.5, 0.6) is 0 Å². The van der Waals surface area contributed by atoms with Crippen molar-refractivity contribution in [1.82, 2.24) is 14.3 Å². The van der Waals surface area contributed by atoms with Crippen molar-refractivity contribution in [2.75, 3.05) is 25.1 Å². The molecule has 0 unspecified atom stereocenters. The van der Waals surface area contributed by atoms with Crippen molar-refractivity contribution in [2.24, 2.45) is 11.8 Å². The Morgan fingerprint density at radius 2 is 1.91 bits per heavy atom. The molecule has 0 radical (unpaired) electrons. The Morgan fingerprint density at radius 3 is 2.66 bits per heavy atom. The number of pyridine rings is 1. The lowest BCUT2D eigenvalue weighted by Crippen LogP contribution is -2.44. The van der Waals surface area contributed by atoms with E-state index in [0.29, 0.717) is 24.4 Å². The summed E-state index contributed by atoms with van der Waals surface area (Å²) >= 11 is 0. The van der Waals surface area contributed by atoms with Gasteiger partial charge in [0.05, 0.1) is 12.2 Å². The monoisotopic (exact) mass is 432 g/mol. The lowest BCUT2D eigenvalue weighted by molar-refractivity contribution is -0.149. The van der Waals surface area contributed by atoms with Crippen molar-refractivity contribution in [3.8, 4) is 0 Å². The Morgan fingerprint density at radius 1 is 1.16 bits per heavy atom. The number of nitrogens with zero attached hydrogens (tertiary/aromatic N) is 4. The van der Waals surface area contributed by atoms with Crippen LogP contribution in [0, 0.1) is 11.8 Å². The largest absolute Gasteiger partial charge is 0.465 e. The number of ether oxygens (including phenoxy) is 1. The maximum Gasteiger partial charge on any atom is 0.323 e. The summed E-state index contributed by atoms with van der Waals surface area (Å²) in [6, 6.07) is 15.2. The zero-order valence-electron chi connectivity index (χ0n) is 18.6. The molecule has 4 heterocycles. The molecule has 0 aliphatic carbocycles. The molecule has 1 saturated heterocycles. The van der Waals surface area contributed by atoms with E-state index in [1.807, 2.05) is 55.3 Å². The Hall–Kier alpha value is -3.19. The summed E-state index contributed by atoms with van der Waals surface area (Å²) in [5, 5.41) is 0. The Kier molecular flexibility index (Phi) is 5.21. The number of rotatable bonds is 4. The number of anilines is 1. The van der Waals surface area contributed by atoms with Crippen LogP contribution in [0.4, 0.5) is 5.82 Å². The third-order valence-electron chi connectivity index (χ3n) is 6.98. The number of benzene rings is 1. The van der Waals surface area contributed by atoms with Crippen molar-refractivity contribution < 1.29 is 9.53 Å².